The van der Waals surface area contributed by atoms with Crippen LogP contribution in [0.1, 0.15) is 48.4 Å². The molecule has 2 N–H and O–H groups in total. The fourth-order valence-electron chi connectivity index (χ4n) is 4.50. The van der Waals surface area contributed by atoms with Crippen LogP contribution in [-0.2, 0) is 4.43 Å². The summed E-state index contributed by atoms with van der Waals surface area (Å²) in [6.45, 7) is 0.940. The minimum absolute atomic E-state index is 0.437. The van der Waals surface area contributed by atoms with Gasteiger partial charge in [0.1, 0.15) is 17.5 Å². The van der Waals surface area contributed by atoms with Crippen LogP contribution in [0, 0.1) is 17.2 Å². The number of rotatable bonds is 5. The Labute approximate surface area is 188 Å². The Morgan fingerprint density at radius 1 is 1.23 bits per heavy atom. The fraction of sp³-hybridized carbons (Fsp3) is 0.364. The van der Waals surface area contributed by atoms with Crippen LogP contribution in [0.3, 0.4) is 0 Å². The standard InChI is InChI=1S/C22H22IN7/c23-10-16-5-6-18(9-17(16)11-24)26-12-14-1-3-15(4-2-14)20-21-19-7-8-25-22(19)27-13-30(21)29-28-20/h5-9,13-15,25-26H,1-4,10,12H2/t14-,15-. The van der Waals surface area contributed by atoms with Crippen LogP contribution >= 0.6 is 22.6 Å². The van der Waals surface area contributed by atoms with Gasteiger partial charge < -0.3 is 10.3 Å². The second kappa shape index (κ2) is 8.22. The van der Waals surface area contributed by atoms with Gasteiger partial charge in [-0.2, -0.15) is 5.26 Å². The number of nitriles is 1. The van der Waals surface area contributed by atoms with Crippen molar-refractivity contribution in [2.75, 3.05) is 11.9 Å². The van der Waals surface area contributed by atoms with Crippen molar-refractivity contribution < 1.29 is 0 Å². The molecule has 0 radical (unpaired) electrons. The summed E-state index contributed by atoms with van der Waals surface area (Å²) in [7, 11) is 0. The minimum Gasteiger partial charge on any atom is -0.385 e. The Hall–Kier alpha value is -2.67. The molecule has 0 spiro atoms. The Kier molecular flexibility index (Phi) is 5.29. The van der Waals surface area contributed by atoms with Crippen molar-refractivity contribution in [3.63, 3.8) is 0 Å². The van der Waals surface area contributed by atoms with Crippen LogP contribution in [-0.4, -0.2) is 31.3 Å². The number of halogens is 1. The second-order valence-corrected chi connectivity index (χ2v) is 8.73. The van der Waals surface area contributed by atoms with Crippen LogP contribution in [0.15, 0.2) is 36.8 Å². The lowest BCUT2D eigenvalue weighted by Gasteiger charge is -2.28. The number of hydrogen-bond acceptors (Lipinski definition) is 5. The minimum atomic E-state index is 0.437. The molecule has 152 valence electrons. The van der Waals surface area contributed by atoms with Gasteiger partial charge >= 0.3 is 0 Å². The van der Waals surface area contributed by atoms with E-state index in [0.29, 0.717) is 11.8 Å². The van der Waals surface area contributed by atoms with Crippen molar-refractivity contribution in [2.45, 2.75) is 36.0 Å². The Morgan fingerprint density at radius 2 is 2.10 bits per heavy atom. The number of nitrogens with zero attached hydrogens (tertiary/aromatic N) is 5. The van der Waals surface area contributed by atoms with E-state index in [4.69, 9.17) is 0 Å². The van der Waals surface area contributed by atoms with Gasteiger partial charge in [0.25, 0.3) is 0 Å². The zero-order valence-electron chi connectivity index (χ0n) is 16.5. The van der Waals surface area contributed by atoms with Crippen LogP contribution in [0.2, 0.25) is 0 Å². The van der Waals surface area contributed by atoms with Gasteiger partial charge in [0.2, 0.25) is 0 Å². The number of aromatic amines is 1. The normalized spacial score (nSPS) is 19.2. The summed E-state index contributed by atoms with van der Waals surface area (Å²) < 4.78 is 2.65. The summed E-state index contributed by atoms with van der Waals surface area (Å²) >= 11 is 2.30. The highest BCUT2D eigenvalue weighted by molar-refractivity contribution is 14.1. The van der Waals surface area contributed by atoms with Gasteiger partial charge in [0.05, 0.1) is 17.3 Å². The van der Waals surface area contributed by atoms with Crippen molar-refractivity contribution in [3.05, 3.63) is 53.6 Å². The van der Waals surface area contributed by atoms with Gasteiger partial charge in [-0.25, -0.2) is 9.50 Å². The SMILES string of the molecule is N#Cc1cc(NC[C@H]2CC[C@H](c3nnn4cnc5[nH]ccc5c34)CC2)ccc1CI. The maximum absolute atomic E-state index is 9.34. The quantitative estimate of drug-likeness (QED) is 0.297. The molecule has 3 aromatic heterocycles. The predicted octanol–water partition coefficient (Wildman–Crippen LogP) is 4.80. The van der Waals surface area contributed by atoms with E-state index >= 15 is 0 Å². The molecule has 1 fully saturated rings. The average molecular weight is 511 g/mol. The van der Waals surface area contributed by atoms with Crippen molar-refractivity contribution in [3.8, 4) is 6.07 Å². The summed E-state index contributed by atoms with van der Waals surface area (Å²) in [6.07, 6.45) is 8.21. The van der Waals surface area contributed by atoms with Crippen LogP contribution < -0.4 is 5.32 Å². The summed E-state index contributed by atoms with van der Waals surface area (Å²) in [5.41, 5.74) is 5.96. The summed E-state index contributed by atoms with van der Waals surface area (Å²) in [4.78, 5) is 7.57. The molecule has 30 heavy (non-hydrogen) atoms. The molecular weight excluding hydrogens is 489 g/mol. The van der Waals surface area contributed by atoms with Gasteiger partial charge in [-0.3, -0.25) is 0 Å². The number of benzene rings is 1. The van der Waals surface area contributed by atoms with E-state index in [1.54, 1.807) is 10.8 Å². The van der Waals surface area contributed by atoms with E-state index in [-0.39, 0.29) is 0 Å². The first-order valence-electron chi connectivity index (χ1n) is 10.3. The maximum Gasteiger partial charge on any atom is 0.141 e. The van der Waals surface area contributed by atoms with Crippen LogP contribution in [0.25, 0.3) is 16.6 Å². The lowest BCUT2D eigenvalue weighted by atomic mass is 9.80. The van der Waals surface area contributed by atoms with Gasteiger partial charge in [0, 0.05) is 34.2 Å². The molecule has 0 bridgehead atoms. The molecule has 3 heterocycles. The second-order valence-electron chi connectivity index (χ2n) is 7.97. The van der Waals surface area contributed by atoms with Crippen LogP contribution in [0.4, 0.5) is 5.69 Å². The third kappa shape index (κ3) is 3.51. The number of hydrogen-bond donors (Lipinski definition) is 2. The first kappa shape index (κ1) is 19.3. The summed E-state index contributed by atoms with van der Waals surface area (Å²) in [5.74, 6) is 1.07. The number of anilines is 1. The number of aromatic nitrogens is 5. The molecule has 4 aromatic rings. The molecule has 1 aliphatic rings. The van der Waals surface area contributed by atoms with Crippen molar-refractivity contribution >= 4 is 44.8 Å². The maximum atomic E-state index is 9.34. The van der Waals surface area contributed by atoms with E-state index in [1.807, 2.05) is 12.3 Å². The van der Waals surface area contributed by atoms with Gasteiger partial charge in [0.15, 0.2) is 0 Å². The molecule has 5 rings (SSSR count). The first-order chi connectivity index (χ1) is 14.8. The van der Waals surface area contributed by atoms with Crippen LogP contribution in [0.5, 0.6) is 0 Å². The fourth-order valence-corrected chi connectivity index (χ4v) is 5.17. The lowest BCUT2D eigenvalue weighted by molar-refractivity contribution is 0.336. The number of alkyl halides is 1. The number of nitrogens with one attached hydrogen (secondary N) is 2. The molecule has 0 aliphatic heterocycles. The van der Waals surface area contributed by atoms with Crippen molar-refractivity contribution in [2.24, 2.45) is 5.92 Å². The molecule has 1 aliphatic carbocycles. The van der Waals surface area contributed by atoms with Crippen molar-refractivity contribution in [1.29, 1.82) is 5.26 Å². The van der Waals surface area contributed by atoms with Gasteiger partial charge in [-0.15, -0.1) is 5.10 Å². The zero-order chi connectivity index (χ0) is 20.5. The molecular formula is C22H22IN7. The monoisotopic (exact) mass is 511 g/mol. The smallest absolute Gasteiger partial charge is 0.141 e. The Morgan fingerprint density at radius 3 is 2.90 bits per heavy atom. The molecule has 7 nitrogen and oxygen atoms in total. The molecule has 0 atom stereocenters. The average Bonchev–Trinajstić information content (AvgIpc) is 3.44. The highest BCUT2D eigenvalue weighted by Gasteiger charge is 2.26. The summed E-state index contributed by atoms with van der Waals surface area (Å²) in [5, 5.41) is 22.8. The third-order valence-corrected chi connectivity index (χ3v) is 7.02. The highest BCUT2D eigenvalue weighted by Crippen LogP contribution is 2.37. The van der Waals surface area contributed by atoms with Gasteiger partial charge in [-0.05, 0) is 55.4 Å². The van der Waals surface area contributed by atoms with E-state index in [0.717, 1.165) is 75.7 Å². The lowest BCUT2D eigenvalue weighted by Crippen LogP contribution is -2.21. The Balaban J connectivity index is 1.25. The third-order valence-electron chi connectivity index (χ3n) is 6.20. The molecule has 8 heteroatoms. The molecule has 1 aromatic carbocycles. The van der Waals surface area contributed by atoms with E-state index in [9.17, 15) is 5.26 Å². The predicted molar refractivity (Wildman–Crippen MR) is 125 cm³/mol. The number of fused-ring (bicyclic) bond motifs is 3. The summed E-state index contributed by atoms with van der Waals surface area (Å²) in [6, 6.07) is 10.5. The molecule has 1 saturated carbocycles. The van der Waals surface area contributed by atoms with E-state index in [2.05, 4.69) is 72.5 Å². The zero-order valence-corrected chi connectivity index (χ0v) is 18.6. The van der Waals surface area contributed by atoms with E-state index in [1.165, 1.54) is 0 Å². The highest BCUT2D eigenvalue weighted by atomic mass is 127. The molecule has 0 saturated heterocycles. The van der Waals surface area contributed by atoms with E-state index < -0.39 is 0 Å². The number of H-pyrrole nitrogens is 1. The Bertz CT molecular complexity index is 1230. The molecule has 0 unspecified atom stereocenters. The molecule has 0 amide bonds. The van der Waals surface area contributed by atoms with Gasteiger partial charge in [-0.1, -0.05) is 33.9 Å². The first-order valence-corrected chi connectivity index (χ1v) is 11.8. The largest absolute Gasteiger partial charge is 0.385 e. The topological polar surface area (TPSA) is 94.7 Å². The van der Waals surface area contributed by atoms with Crippen molar-refractivity contribution in [1.82, 2.24) is 24.8 Å².